The Labute approximate surface area is 49.5 Å². The van der Waals surface area contributed by atoms with Crippen molar-refractivity contribution in [2.24, 2.45) is 0 Å². The normalized spacial score (nSPS) is 47.6. The highest BCUT2D eigenvalue weighted by Crippen LogP contribution is 2.18. The lowest BCUT2D eigenvalue weighted by Gasteiger charge is -2.04. The van der Waals surface area contributed by atoms with E-state index in [4.69, 9.17) is 9.84 Å². The third-order valence-electron chi connectivity index (χ3n) is 1.56. The monoisotopic (exact) mass is 116 g/mol. The zero-order valence-corrected chi connectivity index (χ0v) is 5.29. The Morgan fingerprint density at radius 2 is 2.12 bits per heavy atom. The third-order valence-corrected chi connectivity index (χ3v) is 1.56. The van der Waals surface area contributed by atoms with Crippen molar-refractivity contribution in [1.82, 2.24) is 0 Å². The second-order valence-electron chi connectivity index (χ2n) is 2.45. The van der Waals surface area contributed by atoms with Gasteiger partial charge in [0.1, 0.15) is 0 Å². The molecule has 2 heteroatoms. The lowest BCUT2D eigenvalue weighted by molar-refractivity contribution is 0.0287. The number of rotatable bonds is 0. The van der Waals surface area contributed by atoms with E-state index in [1.165, 1.54) is 0 Å². The topological polar surface area (TPSA) is 29.5 Å². The number of hydrogen-bond donors (Lipinski definition) is 1. The fraction of sp³-hybridized carbons (Fsp3) is 1.00. The molecule has 8 heavy (non-hydrogen) atoms. The molecule has 0 saturated carbocycles. The van der Waals surface area contributed by atoms with Gasteiger partial charge in [-0.3, -0.25) is 0 Å². The minimum absolute atomic E-state index is 0.0463. The van der Waals surface area contributed by atoms with Crippen LogP contribution in [0.3, 0.4) is 0 Å². The Morgan fingerprint density at radius 1 is 1.50 bits per heavy atom. The highest BCUT2D eigenvalue weighted by molar-refractivity contribution is 4.75. The summed E-state index contributed by atoms with van der Waals surface area (Å²) in [5.74, 6) is 0. The molecule has 1 heterocycles. The summed E-state index contributed by atoms with van der Waals surface area (Å²) >= 11 is 0. The summed E-state index contributed by atoms with van der Waals surface area (Å²) in [5.41, 5.74) is 0. The van der Waals surface area contributed by atoms with Crippen LogP contribution in [-0.4, -0.2) is 23.4 Å². The molecule has 0 aromatic heterocycles. The highest BCUT2D eigenvalue weighted by atomic mass is 16.5. The van der Waals surface area contributed by atoms with Gasteiger partial charge in [-0.2, -0.15) is 0 Å². The van der Waals surface area contributed by atoms with Crippen molar-refractivity contribution in [1.29, 1.82) is 0 Å². The number of ether oxygens (including phenoxy) is 1. The fourth-order valence-corrected chi connectivity index (χ4v) is 1.04. The molecule has 0 radical (unpaired) electrons. The van der Waals surface area contributed by atoms with Crippen molar-refractivity contribution in [3.63, 3.8) is 0 Å². The molecule has 3 atom stereocenters. The SMILES string of the molecule is C[C@H]1C[C@H](O)[C@@H](C)O1. The molecule has 1 rings (SSSR count). The molecule has 1 N–H and O–H groups in total. The minimum atomic E-state index is -0.231. The predicted octanol–water partition coefficient (Wildman–Crippen LogP) is 0.545. The summed E-state index contributed by atoms with van der Waals surface area (Å²) < 4.78 is 5.22. The van der Waals surface area contributed by atoms with Crippen LogP contribution in [0.2, 0.25) is 0 Å². The number of aliphatic hydroxyl groups excluding tert-OH is 1. The van der Waals surface area contributed by atoms with Gasteiger partial charge in [-0.1, -0.05) is 0 Å². The molecule has 0 bridgehead atoms. The predicted molar refractivity (Wildman–Crippen MR) is 30.6 cm³/mol. The lowest BCUT2D eigenvalue weighted by atomic mass is 10.2. The van der Waals surface area contributed by atoms with E-state index in [9.17, 15) is 0 Å². The first-order chi connectivity index (χ1) is 3.70. The van der Waals surface area contributed by atoms with Gasteiger partial charge in [0, 0.05) is 6.42 Å². The van der Waals surface area contributed by atoms with Crippen molar-refractivity contribution in [2.75, 3.05) is 0 Å². The minimum Gasteiger partial charge on any atom is -0.390 e. The van der Waals surface area contributed by atoms with Crippen LogP contribution in [0.1, 0.15) is 20.3 Å². The van der Waals surface area contributed by atoms with Gasteiger partial charge < -0.3 is 9.84 Å². The lowest BCUT2D eigenvalue weighted by Crippen LogP contribution is -2.15. The molecule has 0 aromatic rings. The Balaban J connectivity index is 2.39. The van der Waals surface area contributed by atoms with E-state index in [1.807, 2.05) is 13.8 Å². The van der Waals surface area contributed by atoms with E-state index in [1.54, 1.807) is 0 Å². The average molecular weight is 116 g/mol. The molecule has 1 aliphatic heterocycles. The molecule has 1 fully saturated rings. The van der Waals surface area contributed by atoms with Crippen LogP contribution in [0.15, 0.2) is 0 Å². The van der Waals surface area contributed by atoms with Gasteiger partial charge in [0.25, 0.3) is 0 Å². The van der Waals surface area contributed by atoms with Crippen LogP contribution in [0.25, 0.3) is 0 Å². The summed E-state index contributed by atoms with van der Waals surface area (Å²) in [5, 5.41) is 9.04. The maximum Gasteiger partial charge on any atom is 0.0823 e. The Bertz CT molecular complexity index is 72.6. The van der Waals surface area contributed by atoms with E-state index >= 15 is 0 Å². The first-order valence-electron chi connectivity index (χ1n) is 3.03. The van der Waals surface area contributed by atoms with Crippen molar-refractivity contribution in [3.8, 4) is 0 Å². The van der Waals surface area contributed by atoms with Crippen molar-refractivity contribution in [3.05, 3.63) is 0 Å². The fourth-order valence-electron chi connectivity index (χ4n) is 1.04. The van der Waals surface area contributed by atoms with Crippen LogP contribution in [-0.2, 0) is 4.74 Å². The van der Waals surface area contributed by atoms with Crippen molar-refractivity contribution < 1.29 is 9.84 Å². The molecule has 1 aliphatic rings. The molecule has 1 saturated heterocycles. The Morgan fingerprint density at radius 3 is 2.25 bits per heavy atom. The molecule has 2 nitrogen and oxygen atoms in total. The second kappa shape index (κ2) is 2.03. The molecular weight excluding hydrogens is 104 g/mol. The van der Waals surface area contributed by atoms with Crippen molar-refractivity contribution >= 4 is 0 Å². The van der Waals surface area contributed by atoms with Gasteiger partial charge in [-0.25, -0.2) is 0 Å². The van der Waals surface area contributed by atoms with Crippen LogP contribution < -0.4 is 0 Å². The summed E-state index contributed by atoms with van der Waals surface area (Å²) in [6, 6.07) is 0. The molecule has 48 valence electrons. The molecule has 0 aromatic carbocycles. The zero-order chi connectivity index (χ0) is 6.15. The van der Waals surface area contributed by atoms with E-state index in [0.29, 0.717) is 0 Å². The van der Waals surface area contributed by atoms with Gasteiger partial charge in [-0.15, -0.1) is 0 Å². The Kier molecular flexibility index (Phi) is 1.54. The number of hydrogen-bond acceptors (Lipinski definition) is 2. The Hall–Kier alpha value is -0.0800. The van der Waals surface area contributed by atoms with Crippen LogP contribution >= 0.6 is 0 Å². The van der Waals surface area contributed by atoms with Gasteiger partial charge in [0.2, 0.25) is 0 Å². The van der Waals surface area contributed by atoms with E-state index in [0.717, 1.165) is 6.42 Å². The standard InChI is InChI=1S/C6H12O2/c1-4-3-6(7)5(2)8-4/h4-7H,3H2,1-2H3/t4-,5+,6-/m0/s1. The molecule has 0 aliphatic carbocycles. The average Bonchev–Trinajstić information content (AvgIpc) is 1.85. The third kappa shape index (κ3) is 1.01. The van der Waals surface area contributed by atoms with E-state index in [2.05, 4.69) is 0 Å². The summed E-state index contributed by atoms with van der Waals surface area (Å²) in [7, 11) is 0. The smallest absolute Gasteiger partial charge is 0.0823 e. The van der Waals surface area contributed by atoms with Crippen LogP contribution in [0.5, 0.6) is 0 Å². The van der Waals surface area contributed by atoms with Crippen LogP contribution in [0, 0.1) is 0 Å². The van der Waals surface area contributed by atoms with E-state index < -0.39 is 0 Å². The first-order valence-corrected chi connectivity index (χ1v) is 3.03. The van der Waals surface area contributed by atoms with Crippen LogP contribution in [0.4, 0.5) is 0 Å². The van der Waals surface area contributed by atoms with E-state index in [-0.39, 0.29) is 18.3 Å². The van der Waals surface area contributed by atoms with Crippen molar-refractivity contribution in [2.45, 2.75) is 38.6 Å². The molecule has 0 unspecified atom stereocenters. The maximum atomic E-state index is 9.04. The largest absolute Gasteiger partial charge is 0.390 e. The summed E-state index contributed by atoms with van der Waals surface area (Å²) in [6.07, 6.45) is 0.858. The quantitative estimate of drug-likeness (QED) is 0.500. The van der Waals surface area contributed by atoms with Gasteiger partial charge in [-0.05, 0) is 13.8 Å². The first kappa shape index (κ1) is 6.05. The second-order valence-corrected chi connectivity index (χ2v) is 2.45. The highest BCUT2D eigenvalue weighted by Gasteiger charge is 2.26. The molecular formula is C6H12O2. The zero-order valence-electron chi connectivity index (χ0n) is 5.29. The van der Waals surface area contributed by atoms with Gasteiger partial charge >= 0.3 is 0 Å². The molecule has 0 amide bonds. The summed E-state index contributed by atoms with van der Waals surface area (Å²) in [6.45, 7) is 3.88. The van der Waals surface area contributed by atoms with Gasteiger partial charge in [0.15, 0.2) is 0 Å². The maximum absolute atomic E-state index is 9.04. The number of aliphatic hydroxyl groups is 1. The summed E-state index contributed by atoms with van der Waals surface area (Å²) in [4.78, 5) is 0. The molecule has 0 spiro atoms. The van der Waals surface area contributed by atoms with Gasteiger partial charge in [0.05, 0.1) is 18.3 Å².